The van der Waals surface area contributed by atoms with E-state index < -0.39 is 0 Å². The molecule has 1 aliphatic carbocycles. The molecule has 2 fully saturated rings. The van der Waals surface area contributed by atoms with Crippen molar-refractivity contribution >= 4 is 11.8 Å². The Morgan fingerprint density at radius 1 is 1.30 bits per heavy atom. The van der Waals surface area contributed by atoms with E-state index in [9.17, 15) is 5.11 Å². The van der Waals surface area contributed by atoms with E-state index in [-0.39, 0.29) is 6.10 Å². The standard InChI is InChI=1S/C8H14OS/c9-7-3-1-2-6(4-7)8-5-10-8/h6-9H,1-5H2. The Balaban J connectivity index is 1.84. The van der Waals surface area contributed by atoms with Crippen LogP contribution in [-0.4, -0.2) is 22.2 Å². The van der Waals surface area contributed by atoms with Gasteiger partial charge >= 0.3 is 0 Å². The normalized spacial score (nSPS) is 47.1. The Labute approximate surface area is 66.2 Å². The van der Waals surface area contributed by atoms with Gasteiger partial charge in [0, 0.05) is 11.0 Å². The highest BCUT2D eigenvalue weighted by molar-refractivity contribution is 8.06. The molecule has 58 valence electrons. The third kappa shape index (κ3) is 1.48. The fourth-order valence-corrected chi connectivity index (χ4v) is 2.77. The molecule has 0 spiro atoms. The second kappa shape index (κ2) is 2.74. The average molecular weight is 158 g/mol. The molecule has 1 N–H and O–H groups in total. The van der Waals surface area contributed by atoms with Crippen LogP contribution in [0.4, 0.5) is 0 Å². The van der Waals surface area contributed by atoms with Crippen LogP contribution >= 0.6 is 11.8 Å². The van der Waals surface area contributed by atoms with Crippen molar-refractivity contribution in [3.05, 3.63) is 0 Å². The molecule has 0 radical (unpaired) electrons. The van der Waals surface area contributed by atoms with Crippen molar-refractivity contribution < 1.29 is 5.11 Å². The van der Waals surface area contributed by atoms with Crippen molar-refractivity contribution in [1.29, 1.82) is 0 Å². The van der Waals surface area contributed by atoms with E-state index in [0.29, 0.717) is 0 Å². The minimum atomic E-state index is 0.0277. The summed E-state index contributed by atoms with van der Waals surface area (Å²) in [6.45, 7) is 0. The molecule has 2 aliphatic rings. The molecule has 0 bridgehead atoms. The van der Waals surface area contributed by atoms with Crippen LogP contribution in [0, 0.1) is 5.92 Å². The van der Waals surface area contributed by atoms with E-state index in [4.69, 9.17) is 0 Å². The zero-order valence-electron chi connectivity index (χ0n) is 6.12. The zero-order chi connectivity index (χ0) is 6.97. The van der Waals surface area contributed by atoms with Gasteiger partial charge in [-0.15, -0.1) is 0 Å². The summed E-state index contributed by atoms with van der Waals surface area (Å²) in [6, 6.07) is 0. The van der Waals surface area contributed by atoms with Crippen LogP contribution in [0.1, 0.15) is 25.7 Å². The van der Waals surface area contributed by atoms with E-state index in [1.54, 1.807) is 0 Å². The lowest BCUT2D eigenvalue weighted by Crippen LogP contribution is -2.22. The van der Waals surface area contributed by atoms with Crippen molar-refractivity contribution in [2.75, 3.05) is 5.75 Å². The Morgan fingerprint density at radius 2 is 2.10 bits per heavy atom. The summed E-state index contributed by atoms with van der Waals surface area (Å²) in [4.78, 5) is 0. The molecule has 1 heterocycles. The fourth-order valence-electron chi connectivity index (χ4n) is 1.87. The lowest BCUT2D eigenvalue weighted by Gasteiger charge is -2.24. The second-order valence-electron chi connectivity index (χ2n) is 3.45. The van der Waals surface area contributed by atoms with E-state index in [0.717, 1.165) is 24.0 Å². The van der Waals surface area contributed by atoms with Gasteiger partial charge in [-0.1, -0.05) is 6.42 Å². The Hall–Kier alpha value is 0.310. The highest BCUT2D eigenvalue weighted by atomic mass is 32.2. The van der Waals surface area contributed by atoms with Gasteiger partial charge in [-0.2, -0.15) is 11.8 Å². The number of hydrogen-bond donors (Lipinski definition) is 1. The molecule has 0 aromatic heterocycles. The summed E-state index contributed by atoms with van der Waals surface area (Å²) in [5, 5.41) is 10.3. The first kappa shape index (κ1) is 6.99. The van der Waals surface area contributed by atoms with Crippen LogP contribution in [0.5, 0.6) is 0 Å². The summed E-state index contributed by atoms with van der Waals surface area (Å²) in [5.74, 6) is 2.21. The minimum Gasteiger partial charge on any atom is -0.393 e. The largest absolute Gasteiger partial charge is 0.393 e. The molecule has 10 heavy (non-hydrogen) atoms. The number of aliphatic hydroxyl groups is 1. The quantitative estimate of drug-likeness (QED) is 0.586. The molecule has 1 saturated heterocycles. The predicted molar refractivity (Wildman–Crippen MR) is 44.2 cm³/mol. The fraction of sp³-hybridized carbons (Fsp3) is 1.00. The van der Waals surface area contributed by atoms with E-state index in [1.165, 1.54) is 18.6 Å². The molecule has 2 heteroatoms. The first-order chi connectivity index (χ1) is 4.86. The van der Waals surface area contributed by atoms with Crippen molar-refractivity contribution in [3.63, 3.8) is 0 Å². The third-order valence-corrected chi connectivity index (χ3v) is 3.68. The van der Waals surface area contributed by atoms with Gasteiger partial charge in [-0.05, 0) is 25.2 Å². The molecule has 2 rings (SSSR count). The third-order valence-electron chi connectivity index (χ3n) is 2.57. The maximum absolute atomic E-state index is 9.35. The molecule has 1 saturated carbocycles. The van der Waals surface area contributed by atoms with Crippen molar-refractivity contribution in [2.24, 2.45) is 5.92 Å². The van der Waals surface area contributed by atoms with E-state index in [2.05, 4.69) is 11.8 Å². The Kier molecular flexibility index (Phi) is 1.92. The maximum Gasteiger partial charge on any atom is 0.0543 e. The topological polar surface area (TPSA) is 20.2 Å². The number of hydrogen-bond acceptors (Lipinski definition) is 2. The average Bonchev–Trinajstić information content (AvgIpc) is 2.68. The van der Waals surface area contributed by atoms with Crippen LogP contribution in [0.3, 0.4) is 0 Å². The van der Waals surface area contributed by atoms with Crippen molar-refractivity contribution in [3.8, 4) is 0 Å². The molecule has 0 amide bonds. The molecule has 3 unspecified atom stereocenters. The number of rotatable bonds is 1. The van der Waals surface area contributed by atoms with Gasteiger partial charge in [-0.25, -0.2) is 0 Å². The summed E-state index contributed by atoms with van der Waals surface area (Å²) in [6.07, 6.45) is 4.78. The molecule has 3 atom stereocenters. The Morgan fingerprint density at radius 3 is 2.70 bits per heavy atom. The summed E-state index contributed by atoms with van der Waals surface area (Å²) >= 11 is 2.07. The van der Waals surface area contributed by atoms with Crippen LogP contribution in [-0.2, 0) is 0 Å². The van der Waals surface area contributed by atoms with Crippen LogP contribution in [0.25, 0.3) is 0 Å². The lowest BCUT2D eigenvalue weighted by molar-refractivity contribution is 0.103. The zero-order valence-corrected chi connectivity index (χ0v) is 6.94. The van der Waals surface area contributed by atoms with Crippen molar-refractivity contribution in [1.82, 2.24) is 0 Å². The van der Waals surface area contributed by atoms with Gasteiger partial charge in [0.05, 0.1) is 6.10 Å². The first-order valence-electron chi connectivity index (χ1n) is 4.16. The first-order valence-corrected chi connectivity index (χ1v) is 5.21. The summed E-state index contributed by atoms with van der Waals surface area (Å²) in [7, 11) is 0. The van der Waals surface area contributed by atoms with Crippen LogP contribution < -0.4 is 0 Å². The lowest BCUT2D eigenvalue weighted by atomic mass is 9.86. The molecular formula is C8H14OS. The summed E-state index contributed by atoms with van der Waals surface area (Å²) in [5.41, 5.74) is 0. The SMILES string of the molecule is OC1CCCC(C2CS2)C1. The summed E-state index contributed by atoms with van der Waals surface area (Å²) < 4.78 is 0. The molecular weight excluding hydrogens is 144 g/mol. The smallest absolute Gasteiger partial charge is 0.0543 e. The number of thioether (sulfide) groups is 1. The van der Waals surface area contributed by atoms with Gasteiger partial charge < -0.3 is 5.11 Å². The predicted octanol–water partition coefficient (Wildman–Crippen LogP) is 1.65. The van der Waals surface area contributed by atoms with E-state index >= 15 is 0 Å². The molecule has 0 aromatic rings. The highest BCUT2D eigenvalue weighted by Gasteiger charge is 2.34. The molecule has 1 nitrogen and oxygen atoms in total. The monoisotopic (exact) mass is 158 g/mol. The van der Waals surface area contributed by atoms with Gasteiger partial charge in [0.2, 0.25) is 0 Å². The van der Waals surface area contributed by atoms with Gasteiger partial charge in [-0.3, -0.25) is 0 Å². The van der Waals surface area contributed by atoms with Gasteiger partial charge in [0.1, 0.15) is 0 Å². The number of aliphatic hydroxyl groups excluding tert-OH is 1. The molecule has 1 aliphatic heterocycles. The van der Waals surface area contributed by atoms with Crippen LogP contribution in [0.2, 0.25) is 0 Å². The van der Waals surface area contributed by atoms with Crippen molar-refractivity contribution in [2.45, 2.75) is 37.0 Å². The second-order valence-corrected chi connectivity index (χ2v) is 4.72. The maximum atomic E-state index is 9.35. The van der Waals surface area contributed by atoms with Gasteiger partial charge in [0.25, 0.3) is 0 Å². The Bertz CT molecular complexity index is 122. The van der Waals surface area contributed by atoms with Crippen LogP contribution in [0.15, 0.2) is 0 Å². The van der Waals surface area contributed by atoms with Gasteiger partial charge in [0.15, 0.2) is 0 Å². The van der Waals surface area contributed by atoms with E-state index in [1.807, 2.05) is 0 Å². The highest BCUT2D eigenvalue weighted by Crippen LogP contribution is 2.43. The minimum absolute atomic E-state index is 0.0277. The molecule has 0 aromatic carbocycles.